The van der Waals surface area contributed by atoms with Gasteiger partial charge < -0.3 is 14.5 Å². The molecule has 5 nitrogen and oxygen atoms in total. The van der Waals surface area contributed by atoms with E-state index in [1.54, 1.807) is 28.9 Å². The highest BCUT2D eigenvalue weighted by molar-refractivity contribution is 5.96. The first-order chi connectivity index (χ1) is 12.0. The number of piperazine rings is 1. The van der Waals surface area contributed by atoms with E-state index in [0.717, 1.165) is 0 Å². The zero-order valence-electron chi connectivity index (χ0n) is 16.1. The Labute approximate surface area is 154 Å². The Kier molecular flexibility index (Phi) is 5.74. The molecule has 26 heavy (non-hydrogen) atoms. The minimum atomic E-state index is -0.569. The molecule has 1 aromatic rings. The Morgan fingerprint density at radius 2 is 1.96 bits per heavy atom. The average molecular weight is 362 g/mol. The molecule has 142 valence electrons. The van der Waals surface area contributed by atoms with Crippen LogP contribution in [0.2, 0.25) is 0 Å². The smallest absolute Gasteiger partial charge is 0.410 e. The number of ether oxygens (including phenoxy) is 1. The summed E-state index contributed by atoms with van der Waals surface area (Å²) in [6.45, 7) is 13.7. The summed E-state index contributed by atoms with van der Waals surface area (Å²) in [5.41, 5.74) is 0.722. The summed E-state index contributed by atoms with van der Waals surface area (Å²) >= 11 is 0. The van der Waals surface area contributed by atoms with Crippen molar-refractivity contribution in [3.05, 3.63) is 41.2 Å². The fourth-order valence-corrected chi connectivity index (χ4v) is 3.05. The molecule has 1 heterocycles. The first kappa shape index (κ1) is 19.9. The number of carbonyl (C=O) groups excluding carboxylic acids is 2. The van der Waals surface area contributed by atoms with Gasteiger partial charge in [0.05, 0.1) is 5.56 Å². The molecule has 0 bridgehead atoms. The summed E-state index contributed by atoms with van der Waals surface area (Å²) in [5.74, 6) is -0.904. The maximum absolute atomic E-state index is 14.4. The fraction of sp³-hybridized carbons (Fsp3) is 0.500. The molecule has 1 fully saturated rings. The van der Waals surface area contributed by atoms with Gasteiger partial charge in [0.2, 0.25) is 0 Å². The van der Waals surface area contributed by atoms with Crippen LogP contribution in [-0.4, -0.2) is 53.1 Å². The number of amides is 2. The van der Waals surface area contributed by atoms with Crippen molar-refractivity contribution in [2.75, 3.05) is 19.6 Å². The lowest BCUT2D eigenvalue weighted by Crippen LogP contribution is -2.56. The second kappa shape index (κ2) is 7.48. The molecule has 0 spiro atoms. The summed E-state index contributed by atoms with van der Waals surface area (Å²) in [5, 5.41) is 0. The second-order valence-corrected chi connectivity index (χ2v) is 7.67. The topological polar surface area (TPSA) is 49.9 Å². The van der Waals surface area contributed by atoms with Gasteiger partial charge in [-0.1, -0.05) is 18.7 Å². The maximum Gasteiger partial charge on any atom is 0.410 e. The Bertz CT molecular complexity index is 701. The van der Waals surface area contributed by atoms with E-state index >= 15 is 0 Å². The predicted molar refractivity (Wildman–Crippen MR) is 99.5 cm³/mol. The molecule has 1 aliphatic rings. The number of aryl methyl sites for hydroxylation is 1. The molecule has 2 amide bonds. The van der Waals surface area contributed by atoms with Crippen molar-refractivity contribution in [1.29, 1.82) is 0 Å². The monoisotopic (exact) mass is 362 g/mol. The largest absolute Gasteiger partial charge is 0.444 e. The van der Waals surface area contributed by atoms with Gasteiger partial charge in [-0.25, -0.2) is 9.18 Å². The third kappa shape index (κ3) is 4.42. The lowest BCUT2D eigenvalue weighted by molar-refractivity contribution is 0.00605. The minimum absolute atomic E-state index is 0.0770. The van der Waals surface area contributed by atoms with Crippen molar-refractivity contribution in [3.63, 3.8) is 0 Å². The van der Waals surface area contributed by atoms with E-state index in [1.807, 2.05) is 27.7 Å². The van der Waals surface area contributed by atoms with E-state index in [4.69, 9.17) is 4.74 Å². The number of benzene rings is 1. The molecule has 1 saturated heterocycles. The molecule has 1 unspecified atom stereocenters. The zero-order valence-corrected chi connectivity index (χ0v) is 16.1. The van der Waals surface area contributed by atoms with Crippen LogP contribution in [0.4, 0.5) is 9.18 Å². The van der Waals surface area contributed by atoms with Crippen molar-refractivity contribution in [3.8, 4) is 0 Å². The molecular weight excluding hydrogens is 335 g/mol. The van der Waals surface area contributed by atoms with Gasteiger partial charge >= 0.3 is 6.09 Å². The summed E-state index contributed by atoms with van der Waals surface area (Å²) in [6, 6.07) is 2.82. The third-order valence-corrected chi connectivity index (χ3v) is 4.30. The second-order valence-electron chi connectivity index (χ2n) is 7.67. The van der Waals surface area contributed by atoms with Crippen molar-refractivity contribution in [2.24, 2.45) is 0 Å². The van der Waals surface area contributed by atoms with Gasteiger partial charge in [-0.15, -0.1) is 0 Å². The quantitative estimate of drug-likeness (QED) is 0.803. The van der Waals surface area contributed by atoms with Crippen molar-refractivity contribution < 1.29 is 18.7 Å². The van der Waals surface area contributed by atoms with Crippen LogP contribution in [0.1, 0.15) is 49.2 Å². The molecule has 0 saturated carbocycles. The van der Waals surface area contributed by atoms with Crippen LogP contribution in [0.5, 0.6) is 0 Å². The molecule has 0 radical (unpaired) electrons. The summed E-state index contributed by atoms with van der Waals surface area (Å²) in [7, 11) is 0. The van der Waals surface area contributed by atoms with Crippen LogP contribution in [-0.2, 0) is 4.74 Å². The third-order valence-electron chi connectivity index (χ3n) is 4.30. The van der Waals surface area contributed by atoms with Crippen LogP contribution in [0.25, 0.3) is 6.08 Å². The number of halogens is 1. The summed E-state index contributed by atoms with van der Waals surface area (Å²) < 4.78 is 19.8. The molecule has 1 aliphatic heterocycles. The summed E-state index contributed by atoms with van der Waals surface area (Å²) in [6.07, 6.45) is 1.15. The van der Waals surface area contributed by atoms with Gasteiger partial charge in [-0.2, -0.15) is 0 Å². The molecule has 0 aliphatic carbocycles. The van der Waals surface area contributed by atoms with Crippen molar-refractivity contribution in [1.82, 2.24) is 9.80 Å². The van der Waals surface area contributed by atoms with Crippen LogP contribution < -0.4 is 0 Å². The van der Waals surface area contributed by atoms with Gasteiger partial charge in [0.25, 0.3) is 5.91 Å². The standard InChI is InChI=1S/C20H27FN2O3/c1-7-15-10-13(2)17(16(21)11-15)18(24)23-9-8-22(12-14(23)3)19(25)26-20(4,5)6/h7,10-11,14H,1,8-9,12H2,2-6H3. The van der Waals surface area contributed by atoms with Crippen molar-refractivity contribution in [2.45, 2.75) is 46.3 Å². The van der Waals surface area contributed by atoms with Gasteiger partial charge in [0.1, 0.15) is 11.4 Å². The average Bonchev–Trinajstić information content (AvgIpc) is 2.52. The van der Waals surface area contributed by atoms with Crippen LogP contribution >= 0.6 is 0 Å². The number of hydrogen-bond donors (Lipinski definition) is 0. The number of rotatable bonds is 2. The lowest BCUT2D eigenvalue weighted by atomic mass is 10.0. The molecule has 0 aromatic heterocycles. The molecule has 0 N–H and O–H groups in total. The molecule has 6 heteroatoms. The molecular formula is C20H27FN2O3. The van der Waals surface area contributed by atoms with Gasteiger partial charge in [0.15, 0.2) is 0 Å². The number of nitrogens with zero attached hydrogens (tertiary/aromatic N) is 2. The maximum atomic E-state index is 14.4. The zero-order chi connectivity index (χ0) is 19.6. The first-order valence-corrected chi connectivity index (χ1v) is 8.75. The Hall–Kier alpha value is -2.37. The van der Waals surface area contributed by atoms with Crippen LogP contribution in [0.15, 0.2) is 18.7 Å². The van der Waals surface area contributed by atoms with E-state index in [1.165, 1.54) is 6.07 Å². The summed E-state index contributed by atoms with van der Waals surface area (Å²) in [4.78, 5) is 28.3. The lowest BCUT2D eigenvalue weighted by Gasteiger charge is -2.40. The SMILES string of the molecule is C=Cc1cc(C)c(C(=O)N2CCN(C(=O)OC(C)(C)C)CC2C)c(F)c1. The first-order valence-electron chi connectivity index (χ1n) is 8.75. The highest BCUT2D eigenvalue weighted by Crippen LogP contribution is 2.22. The molecule has 1 atom stereocenters. The van der Waals surface area contributed by atoms with E-state index in [9.17, 15) is 14.0 Å². The fourth-order valence-electron chi connectivity index (χ4n) is 3.05. The van der Waals surface area contributed by atoms with Gasteiger partial charge in [-0.3, -0.25) is 4.79 Å². The molecule has 1 aromatic carbocycles. The number of hydrogen-bond acceptors (Lipinski definition) is 3. The van der Waals surface area contributed by atoms with Crippen molar-refractivity contribution >= 4 is 18.1 Å². The normalized spacial score (nSPS) is 17.8. The van der Waals surface area contributed by atoms with E-state index in [2.05, 4.69) is 6.58 Å². The Morgan fingerprint density at radius 3 is 2.46 bits per heavy atom. The van der Waals surface area contributed by atoms with Gasteiger partial charge in [-0.05, 0) is 51.8 Å². The van der Waals surface area contributed by atoms with E-state index < -0.39 is 17.5 Å². The molecule has 2 rings (SSSR count). The highest BCUT2D eigenvalue weighted by atomic mass is 19.1. The number of carbonyl (C=O) groups is 2. The van der Waals surface area contributed by atoms with E-state index in [0.29, 0.717) is 30.8 Å². The minimum Gasteiger partial charge on any atom is -0.444 e. The van der Waals surface area contributed by atoms with Crippen LogP contribution in [0, 0.1) is 12.7 Å². The Morgan fingerprint density at radius 1 is 1.31 bits per heavy atom. The Balaban J connectivity index is 2.14. The predicted octanol–water partition coefficient (Wildman–Crippen LogP) is 3.86. The highest BCUT2D eigenvalue weighted by Gasteiger charge is 2.33. The van der Waals surface area contributed by atoms with Gasteiger partial charge in [0, 0.05) is 25.7 Å². The van der Waals surface area contributed by atoms with E-state index in [-0.39, 0.29) is 17.5 Å². The van der Waals surface area contributed by atoms with Crippen LogP contribution in [0.3, 0.4) is 0 Å².